The van der Waals surface area contributed by atoms with E-state index in [2.05, 4.69) is 179 Å². The lowest BCUT2D eigenvalue weighted by atomic mass is 9.89. The van der Waals surface area contributed by atoms with Crippen LogP contribution >= 0.6 is 0 Å². The Hall–Kier alpha value is -6.28. The maximum atomic E-state index is 6.58. The molecule has 0 spiro atoms. The fourth-order valence-electron chi connectivity index (χ4n) is 7.25. The Kier molecular flexibility index (Phi) is 6.71. The molecule has 0 aliphatic rings. The number of rotatable bonds is 4. The molecule has 0 saturated carbocycles. The lowest BCUT2D eigenvalue weighted by Gasteiger charge is -2.28. The fourth-order valence-corrected chi connectivity index (χ4v) is 11.2. The van der Waals surface area contributed by atoms with Gasteiger partial charge in [0, 0.05) is 16.1 Å². The summed E-state index contributed by atoms with van der Waals surface area (Å²) < 4.78 is 6.58. The largest absolute Gasteiger partial charge is 0.436 e. The van der Waals surface area contributed by atoms with Crippen LogP contribution in [0.15, 0.2) is 174 Å². The summed E-state index contributed by atoms with van der Waals surface area (Å²) in [6.07, 6.45) is 1.72. The molecule has 0 fully saturated rings. The Morgan fingerprint density at radius 3 is 1.65 bits per heavy atom. The lowest BCUT2D eigenvalue weighted by molar-refractivity contribution is 0.647. The van der Waals surface area contributed by atoms with Gasteiger partial charge in [0.05, 0.1) is 11.6 Å². The number of para-hydroxylation sites is 1. The van der Waals surface area contributed by atoms with Crippen molar-refractivity contribution in [3.63, 3.8) is 0 Å². The highest BCUT2D eigenvalue weighted by Gasteiger charge is 2.41. The molecule has 0 bridgehead atoms. The summed E-state index contributed by atoms with van der Waals surface area (Å²) in [4.78, 5) is 0. The molecule has 0 amide bonds. The van der Waals surface area contributed by atoms with E-state index in [4.69, 9.17) is 4.42 Å². The van der Waals surface area contributed by atoms with Crippen LogP contribution in [0, 0.1) is 11.5 Å². The van der Waals surface area contributed by atoms with Crippen molar-refractivity contribution in [1.29, 1.82) is 0 Å². The highest BCUT2D eigenvalue weighted by molar-refractivity contribution is 7.17. The van der Waals surface area contributed by atoms with Crippen molar-refractivity contribution in [3.05, 3.63) is 176 Å². The van der Waals surface area contributed by atoms with E-state index < -0.39 is 8.07 Å². The van der Waals surface area contributed by atoms with Crippen LogP contribution in [-0.2, 0) is 0 Å². The second-order valence-electron chi connectivity index (χ2n) is 12.0. The molecular formula is C44H28N2OSi. The molecule has 2 aromatic heterocycles. The van der Waals surface area contributed by atoms with Crippen LogP contribution in [-0.4, -0.2) is 18.3 Å². The third-order valence-electron chi connectivity index (χ3n) is 9.38. The van der Waals surface area contributed by atoms with Crippen LogP contribution in [0.1, 0.15) is 5.56 Å². The summed E-state index contributed by atoms with van der Waals surface area (Å²) in [6.45, 7) is 0. The van der Waals surface area contributed by atoms with Crippen LogP contribution in [0.3, 0.4) is 0 Å². The first-order chi connectivity index (χ1) is 23.8. The standard InChI is InChI=1S/C44H28N2OSi/c1-4-15-31(16-5-1)42-37-23-12-10-21-34(37)36(35-22-11-13-24-38(35)42)28-30-48(32-17-6-2-7-18-32,33-19-8-3-9-20-33)41-26-14-25-39-40-27-29-45-46-44(40)47-43(39)41/h1-27,29H. The van der Waals surface area contributed by atoms with E-state index in [0.717, 1.165) is 37.9 Å². The fraction of sp³-hybridized carbons (Fsp3) is 0. The molecule has 0 N–H and O–H groups in total. The van der Waals surface area contributed by atoms with E-state index >= 15 is 0 Å². The van der Waals surface area contributed by atoms with Gasteiger partial charge in [0.2, 0.25) is 13.8 Å². The molecule has 224 valence electrons. The summed E-state index contributed by atoms with van der Waals surface area (Å²) in [5, 5.41) is 18.6. The maximum Gasteiger partial charge on any atom is 0.246 e. The maximum absolute atomic E-state index is 6.58. The van der Waals surface area contributed by atoms with E-state index in [1.807, 2.05) is 6.07 Å². The van der Waals surface area contributed by atoms with Crippen molar-refractivity contribution in [2.75, 3.05) is 0 Å². The second kappa shape index (κ2) is 11.5. The number of hydrogen-bond donors (Lipinski definition) is 0. The zero-order valence-electron chi connectivity index (χ0n) is 26.0. The van der Waals surface area contributed by atoms with Crippen molar-refractivity contribution in [2.24, 2.45) is 0 Å². The van der Waals surface area contributed by atoms with Crippen LogP contribution < -0.4 is 15.6 Å². The van der Waals surface area contributed by atoms with Crippen molar-refractivity contribution in [2.45, 2.75) is 0 Å². The highest BCUT2D eigenvalue weighted by atomic mass is 28.3. The molecule has 0 atom stereocenters. The summed E-state index contributed by atoms with van der Waals surface area (Å²) >= 11 is 0. The van der Waals surface area contributed by atoms with Gasteiger partial charge in [0.25, 0.3) is 0 Å². The molecular weight excluding hydrogens is 601 g/mol. The van der Waals surface area contributed by atoms with E-state index in [0.29, 0.717) is 5.71 Å². The molecule has 9 rings (SSSR count). The third kappa shape index (κ3) is 4.37. The van der Waals surface area contributed by atoms with Crippen molar-refractivity contribution >= 4 is 67.2 Å². The van der Waals surface area contributed by atoms with Gasteiger partial charge >= 0.3 is 0 Å². The number of fused-ring (bicyclic) bond motifs is 5. The van der Waals surface area contributed by atoms with Gasteiger partial charge in [-0.2, -0.15) is 5.10 Å². The normalized spacial score (nSPS) is 11.6. The van der Waals surface area contributed by atoms with Gasteiger partial charge in [-0.3, -0.25) is 0 Å². The molecule has 9 aromatic rings. The molecule has 48 heavy (non-hydrogen) atoms. The van der Waals surface area contributed by atoms with Gasteiger partial charge in [0.15, 0.2) is 0 Å². The summed E-state index contributed by atoms with van der Waals surface area (Å²) in [6, 6.07) is 58.0. The van der Waals surface area contributed by atoms with Gasteiger partial charge in [-0.1, -0.05) is 164 Å². The Morgan fingerprint density at radius 2 is 1.02 bits per heavy atom. The number of nitrogens with zero attached hydrogens (tertiary/aromatic N) is 2. The molecule has 0 aliphatic carbocycles. The van der Waals surface area contributed by atoms with Crippen molar-refractivity contribution in [3.8, 4) is 22.6 Å². The number of furan rings is 1. The molecule has 0 aliphatic heterocycles. The minimum atomic E-state index is -3.09. The smallest absolute Gasteiger partial charge is 0.246 e. The summed E-state index contributed by atoms with van der Waals surface area (Å²) in [5.74, 6) is 3.89. The van der Waals surface area contributed by atoms with Gasteiger partial charge in [-0.15, -0.1) is 10.6 Å². The summed E-state index contributed by atoms with van der Waals surface area (Å²) in [5.41, 5.74) is 8.88. The van der Waals surface area contributed by atoms with E-state index in [-0.39, 0.29) is 0 Å². The topological polar surface area (TPSA) is 38.9 Å². The molecule has 0 saturated heterocycles. The molecule has 0 unspecified atom stereocenters. The van der Waals surface area contributed by atoms with Gasteiger partial charge < -0.3 is 4.42 Å². The first kappa shape index (κ1) is 28.0. The van der Waals surface area contributed by atoms with E-state index in [1.165, 1.54) is 32.3 Å². The SMILES string of the molecule is C(#C[Si](c1ccccc1)(c1ccccc1)c1cccc2c1oc1nnccc12)c1c2ccccc2c(-c2ccccc2)c2ccccc12. The average Bonchev–Trinajstić information content (AvgIpc) is 3.55. The minimum absolute atomic E-state index is 0.533. The average molecular weight is 629 g/mol. The Balaban J connectivity index is 1.42. The Bertz CT molecular complexity index is 2580. The van der Waals surface area contributed by atoms with Crippen molar-refractivity contribution < 1.29 is 4.42 Å². The molecule has 7 aromatic carbocycles. The molecule has 4 heteroatoms. The number of hydrogen-bond acceptors (Lipinski definition) is 3. The van der Waals surface area contributed by atoms with Gasteiger partial charge in [-0.05, 0) is 49.1 Å². The zero-order chi connectivity index (χ0) is 31.9. The van der Waals surface area contributed by atoms with Crippen LogP contribution in [0.2, 0.25) is 0 Å². The van der Waals surface area contributed by atoms with Crippen LogP contribution in [0.25, 0.3) is 54.7 Å². The third-order valence-corrected chi connectivity index (χ3v) is 13.5. The molecule has 2 heterocycles. The van der Waals surface area contributed by atoms with Crippen molar-refractivity contribution in [1.82, 2.24) is 10.2 Å². The predicted molar refractivity (Wildman–Crippen MR) is 201 cm³/mol. The van der Waals surface area contributed by atoms with Gasteiger partial charge in [0.1, 0.15) is 5.58 Å². The Morgan fingerprint density at radius 1 is 0.479 bits per heavy atom. The zero-order valence-corrected chi connectivity index (χ0v) is 27.0. The monoisotopic (exact) mass is 628 g/mol. The first-order valence-electron chi connectivity index (χ1n) is 16.1. The Labute approximate surface area is 279 Å². The second-order valence-corrected chi connectivity index (χ2v) is 15.4. The quantitative estimate of drug-likeness (QED) is 0.0850. The van der Waals surface area contributed by atoms with E-state index in [9.17, 15) is 0 Å². The van der Waals surface area contributed by atoms with E-state index in [1.54, 1.807) is 6.20 Å². The molecule has 0 radical (unpaired) electrons. The van der Waals surface area contributed by atoms with Crippen LogP contribution in [0.5, 0.6) is 0 Å². The lowest BCUT2D eigenvalue weighted by Crippen LogP contribution is -2.66. The molecule has 3 nitrogen and oxygen atoms in total. The highest BCUT2D eigenvalue weighted by Crippen LogP contribution is 2.39. The van der Waals surface area contributed by atoms with Crippen LogP contribution in [0.4, 0.5) is 0 Å². The first-order valence-corrected chi connectivity index (χ1v) is 18.1. The predicted octanol–water partition coefficient (Wildman–Crippen LogP) is 8.41. The van der Waals surface area contributed by atoms with Gasteiger partial charge in [-0.25, -0.2) is 0 Å². The number of benzene rings is 7. The minimum Gasteiger partial charge on any atom is -0.436 e. The summed E-state index contributed by atoms with van der Waals surface area (Å²) in [7, 11) is -3.09. The number of aromatic nitrogens is 2.